The molecule has 4 heteroatoms. The molecule has 72 valence electrons. The maximum atomic E-state index is 11.6. The molecule has 1 aliphatic rings. The molecule has 14 heavy (non-hydrogen) atoms. The summed E-state index contributed by atoms with van der Waals surface area (Å²) in [6.45, 7) is 0. The van der Waals surface area contributed by atoms with E-state index >= 15 is 0 Å². The first kappa shape index (κ1) is 9.44. The number of likely N-dealkylation sites (N-methyl/N-ethyl adjacent to an activating group) is 1. The number of carbonyl (C=O) groups excluding carboxylic acids is 2. The molecule has 0 aromatic heterocycles. The SMILES string of the molecule is CN1C(=O)[Se]C(c2ccccc2)C1=O. The molecule has 1 unspecified atom stereocenters. The van der Waals surface area contributed by atoms with Crippen molar-refractivity contribution >= 4 is 25.7 Å². The second kappa shape index (κ2) is 3.56. The van der Waals surface area contributed by atoms with Crippen molar-refractivity contribution in [2.75, 3.05) is 7.05 Å². The van der Waals surface area contributed by atoms with Crippen molar-refractivity contribution in [2.24, 2.45) is 0 Å². The fourth-order valence-electron chi connectivity index (χ4n) is 1.33. The second-order valence-electron chi connectivity index (χ2n) is 3.07. The van der Waals surface area contributed by atoms with E-state index in [1.807, 2.05) is 30.3 Å². The van der Waals surface area contributed by atoms with Gasteiger partial charge in [0.2, 0.25) is 0 Å². The molecular weight excluding hydrogens is 245 g/mol. The zero-order valence-electron chi connectivity index (χ0n) is 7.64. The minimum atomic E-state index is -0.271. The fraction of sp³-hybridized carbons (Fsp3) is 0.200. The van der Waals surface area contributed by atoms with Gasteiger partial charge in [-0.2, -0.15) is 0 Å². The van der Waals surface area contributed by atoms with E-state index in [1.54, 1.807) is 7.05 Å². The molecule has 1 atom stereocenters. The predicted molar refractivity (Wildman–Crippen MR) is 53.1 cm³/mol. The molecule has 1 saturated heterocycles. The molecule has 0 N–H and O–H groups in total. The molecular formula is C10H9NO2Se. The van der Waals surface area contributed by atoms with E-state index in [0.717, 1.165) is 5.56 Å². The molecule has 2 amide bonds. The van der Waals surface area contributed by atoms with Crippen molar-refractivity contribution < 1.29 is 9.59 Å². The summed E-state index contributed by atoms with van der Waals surface area (Å²) in [5.41, 5.74) is 0.954. The number of amides is 2. The van der Waals surface area contributed by atoms with E-state index in [1.165, 1.54) is 4.90 Å². The van der Waals surface area contributed by atoms with Crippen LogP contribution in [0.1, 0.15) is 10.4 Å². The Morgan fingerprint density at radius 2 is 1.86 bits per heavy atom. The van der Waals surface area contributed by atoms with E-state index < -0.39 is 0 Å². The zero-order valence-corrected chi connectivity index (χ0v) is 9.35. The van der Waals surface area contributed by atoms with Crippen molar-refractivity contribution in [3.63, 3.8) is 0 Å². The molecule has 3 nitrogen and oxygen atoms in total. The van der Waals surface area contributed by atoms with Crippen LogP contribution in [0.15, 0.2) is 30.3 Å². The molecule has 0 aliphatic carbocycles. The number of carbonyl (C=O) groups is 2. The number of hydrogen-bond acceptors (Lipinski definition) is 2. The van der Waals surface area contributed by atoms with Gasteiger partial charge in [0.1, 0.15) is 0 Å². The van der Waals surface area contributed by atoms with Gasteiger partial charge in [0.05, 0.1) is 0 Å². The Bertz CT molecular complexity index is 377. The molecule has 1 aliphatic heterocycles. The Balaban J connectivity index is 2.30. The van der Waals surface area contributed by atoms with Crippen LogP contribution in [0.2, 0.25) is 0 Å². The van der Waals surface area contributed by atoms with Gasteiger partial charge in [0, 0.05) is 0 Å². The molecule has 1 fully saturated rings. The summed E-state index contributed by atoms with van der Waals surface area (Å²) in [6.07, 6.45) is 0. The van der Waals surface area contributed by atoms with Crippen LogP contribution in [0.4, 0.5) is 4.79 Å². The number of hydrogen-bond donors (Lipinski definition) is 0. The first-order chi connectivity index (χ1) is 6.70. The average Bonchev–Trinajstić information content (AvgIpc) is 2.47. The number of imide groups is 1. The third-order valence-electron chi connectivity index (χ3n) is 2.15. The van der Waals surface area contributed by atoms with Crippen molar-refractivity contribution in [2.45, 2.75) is 4.82 Å². The number of rotatable bonds is 1. The zero-order chi connectivity index (χ0) is 10.1. The summed E-state index contributed by atoms with van der Waals surface area (Å²) in [5.74, 6) is -0.0683. The third-order valence-corrected chi connectivity index (χ3v) is 4.64. The van der Waals surface area contributed by atoms with Crippen LogP contribution in [0.25, 0.3) is 0 Å². The molecule has 0 spiro atoms. The maximum absolute atomic E-state index is 11.6. The quantitative estimate of drug-likeness (QED) is 0.702. The summed E-state index contributed by atoms with van der Waals surface area (Å²) in [7, 11) is 1.55. The molecule has 1 heterocycles. The van der Waals surface area contributed by atoms with Gasteiger partial charge in [-0.25, -0.2) is 0 Å². The Morgan fingerprint density at radius 3 is 2.36 bits per heavy atom. The van der Waals surface area contributed by atoms with Gasteiger partial charge in [-0.05, 0) is 0 Å². The predicted octanol–water partition coefficient (Wildman–Crippen LogP) is 1.02. The van der Waals surface area contributed by atoms with E-state index in [-0.39, 0.29) is 30.5 Å². The minimum absolute atomic E-state index is 0.0312. The van der Waals surface area contributed by atoms with Gasteiger partial charge in [-0.3, -0.25) is 0 Å². The van der Waals surface area contributed by atoms with Gasteiger partial charge in [0.15, 0.2) is 0 Å². The second-order valence-corrected chi connectivity index (χ2v) is 5.29. The van der Waals surface area contributed by atoms with Gasteiger partial charge in [-0.1, -0.05) is 0 Å². The van der Waals surface area contributed by atoms with Crippen LogP contribution in [-0.4, -0.2) is 37.6 Å². The van der Waals surface area contributed by atoms with Crippen molar-refractivity contribution in [3.05, 3.63) is 35.9 Å². The average molecular weight is 254 g/mol. The Morgan fingerprint density at radius 1 is 1.21 bits per heavy atom. The summed E-state index contributed by atoms with van der Waals surface area (Å²) in [6, 6.07) is 9.48. The third kappa shape index (κ3) is 1.47. The first-order valence-electron chi connectivity index (χ1n) is 4.23. The van der Waals surface area contributed by atoms with Gasteiger partial charge in [0.25, 0.3) is 0 Å². The van der Waals surface area contributed by atoms with Crippen molar-refractivity contribution in [1.82, 2.24) is 4.90 Å². The van der Waals surface area contributed by atoms with Crippen LogP contribution in [0.5, 0.6) is 0 Å². The number of benzene rings is 1. The first-order valence-corrected chi connectivity index (χ1v) is 6.08. The molecule has 2 rings (SSSR count). The van der Waals surface area contributed by atoms with Crippen LogP contribution in [0, 0.1) is 0 Å². The Hall–Kier alpha value is -1.12. The standard InChI is InChI=1S/C10H9NO2Se/c1-11-9(12)8(14-10(11)13)7-5-3-2-4-6-7/h2-6,8H,1H3. The van der Waals surface area contributed by atoms with Crippen LogP contribution in [0.3, 0.4) is 0 Å². The monoisotopic (exact) mass is 255 g/mol. The summed E-state index contributed by atoms with van der Waals surface area (Å²) in [4.78, 5) is 23.9. The van der Waals surface area contributed by atoms with E-state index in [2.05, 4.69) is 0 Å². The molecule has 0 saturated carbocycles. The summed E-state index contributed by atoms with van der Waals surface area (Å²) in [5, 5.41) is 0. The van der Waals surface area contributed by atoms with Crippen LogP contribution >= 0.6 is 0 Å². The van der Waals surface area contributed by atoms with E-state index in [0.29, 0.717) is 0 Å². The van der Waals surface area contributed by atoms with Gasteiger partial charge in [-0.15, -0.1) is 0 Å². The van der Waals surface area contributed by atoms with E-state index in [4.69, 9.17) is 0 Å². The molecule has 1 aromatic rings. The van der Waals surface area contributed by atoms with Gasteiger partial charge >= 0.3 is 87.9 Å². The normalized spacial score (nSPS) is 21.8. The fourth-order valence-corrected chi connectivity index (χ4v) is 3.44. The Labute approximate surface area is 88.2 Å². The molecule has 1 aromatic carbocycles. The topological polar surface area (TPSA) is 37.4 Å². The summed E-state index contributed by atoms with van der Waals surface area (Å²) < 4.78 is 0. The van der Waals surface area contributed by atoms with Crippen LogP contribution in [-0.2, 0) is 4.79 Å². The molecule has 0 radical (unpaired) electrons. The van der Waals surface area contributed by atoms with Crippen molar-refractivity contribution in [1.29, 1.82) is 0 Å². The molecule has 0 bridgehead atoms. The van der Waals surface area contributed by atoms with Gasteiger partial charge < -0.3 is 0 Å². The Kier molecular flexibility index (Phi) is 2.40. The van der Waals surface area contributed by atoms with E-state index in [9.17, 15) is 9.59 Å². The number of nitrogens with zero attached hydrogens (tertiary/aromatic N) is 1. The van der Waals surface area contributed by atoms with Crippen molar-refractivity contribution in [3.8, 4) is 0 Å². The van der Waals surface area contributed by atoms with Crippen LogP contribution < -0.4 is 0 Å². The summed E-state index contributed by atoms with van der Waals surface area (Å²) >= 11 is -0.271.